The summed E-state index contributed by atoms with van der Waals surface area (Å²) in [7, 11) is 5.52. The quantitative estimate of drug-likeness (QED) is 0.292. The van der Waals surface area contributed by atoms with Crippen LogP contribution in [0.2, 0.25) is 0 Å². The van der Waals surface area contributed by atoms with E-state index in [1.165, 1.54) is 0 Å². The minimum atomic E-state index is -1.81. The zero-order chi connectivity index (χ0) is 17.0. The second-order valence-corrected chi connectivity index (χ2v) is 5.60. The van der Waals surface area contributed by atoms with Gasteiger partial charge in [0.2, 0.25) is 0 Å². The molecule has 0 bridgehead atoms. The summed E-state index contributed by atoms with van der Waals surface area (Å²) in [6.45, 7) is 0.181. The number of carboxylic acids is 2. The second-order valence-electron chi connectivity index (χ2n) is 5.60. The van der Waals surface area contributed by atoms with Gasteiger partial charge in [-0.2, -0.15) is 0 Å². The molecule has 21 heavy (non-hydrogen) atoms. The van der Waals surface area contributed by atoms with Crippen molar-refractivity contribution in [3.8, 4) is 0 Å². The van der Waals surface area contributed by atoms with E-state index in [1.54, 1.807) is 0 Å². The molecule has 1 aliphatic rings. The Morgan fingerprint density at radius 2 is 1.43 bits per heavy atom. The molecule has 1 fully saturated rings. The molecule has 0 saturated carbocycles. The van der Waals surface area contributed by atoms with Gasteiger partial charge in [0.05, 0.1) is 21.1 Å². The summed E-state index contributed by atoms with van der Waals surface area (Å²) >= 11 is 0. The van der Waals surface area contributed by atoms with Crippen LogP contribution in [0.5, 0.6) is 0 Å². The second kappa shape index (κ2) is 7.64. The van der Waals surface area contributed by atoms with Crippen molar-refractivity contribution in [3.05, 3.63) is 0 Å². The van der Waals surface area contributed by atoms with Gasteiger partial charge in [-0.3, -0.25) is 0 Å². The first-order valence-corrected chi connectivity index (χ1v) is 5.99. The van der Waals surface area contributed by atoms with Gasteiger partial charge in [0, 0.05) is 0 Å². The Morgan fingerprint density at radius 1 is 0.952 bits per heavy atom. The Hall–Kier alpha value is -1.30. The molecule has 124 valence electrons. The van der Waals surface area contributed by atoms with Crippen LogP contribution in [-0.2, 0) is 14.3 Å². The Balaban J connectivity index is 0.000000433. The van der Waals surface area contributed by atoms with Crippen LogP contribution in [0.4, 0.5) is 0 Å². The van der Waals surface area contributed by atoms with Crippen LogP contribution in [0, 0.1) is 0 Å². The Kier molecular flexibility index (Phi) is 7.16. The molecule has 1 rings (SSSR count). The number of aliphatic hydroxyl groups excluding tert-OH is 4. The van der Waals surface area contributed by atoms with Crippen molar-refractivity contribution in [2.24, 2.45) is 0 Å². The van der Waals surface area contributed by atoms with Crippen LogP contribution >= 0.6 is 0 Å². The van der Waals surface area contributed by atoms with Crippen LogP contribution in [0.3, 0.4) is 0 Å². The Labute approximate surface area is 121 Å². The number of rotatable bonds is 3. The molecule has 10 heteroatoms. The molecule has 1 aliphatic heterocycles. The van der Waals surface area contributed by atoms with E-state index in [1.807, 2.05) is 21.1 Å². The van der Waals surface area contributed by atoms with Crippen LogP contribution in [-0.4, -0.2) is 105 Å². The molecule has 0 aromatic carbocycles. The van der Waals surface area contributed by atoms with E-state index in [0.29, 0.717) is 4.48 Å². The van der Waals surface area contributed by atoms with E-state index in [0.717, 1.165) is 0 Å². The highest BCUT2D eigenvalue weighted by molar-refractivity contribution is 5.73. The topological polar surface area (TPSA) is 165 Å². The molecule has 1 heterocycles. The minimum absolute atomic E-state index is 0.181. The van der Waals surface area contributed by atoms with E-state index in [9.17, 15) is 9.59 Å². The third kappa shape index (κ3) is 6.80. The molecule has 0 amide bonds. The van der Waals surface area contributed by atoms with Crippen LogP contribution in [0.25, 0.3) is 0 Å². The van der Waals surface area contributed by atoms with E-state index < -0.39 is 42.6 Å². The standard InChI is InChI=1S/C6H10O7.C5H11NO2/c7-1-2(8)4(5(10)11)13-6(12)3(1)9;1-6(2,3)4-5(7)8/h1-4,6-9,12H,(H,10,11);4H2,1-3H3/p+1/t1-,2-,3+,4-,6+;/m0./s1. The lowest BCUT2D eigenvalue weighted by Crippen LogP contribution is -2.59. The predicted octanol–water partition coefficient (Wildman–Crippen LogP) is -3.35. The number of likely N-dealkylation sites (N-methyl/N-ethyl adjacent to an activating group) is 1. The zero-order valence-electron chi connectivity index (χ0n) is 11.9. The molecule has 5 atom stereocenters. The monoisotopic (exact) mass is 312 g/mol. The predicted molar refractivity (Wildman–Crippen MR) is 67.1 cm³/mol. The summed E-state index contributed by atoms with van der Waals surface area (Å²) in [5.74, 6) is -2.27. The molecule has 10 nitrogen and oxygen atoms in total. The molecule has 0 aromatic heterocycles. The van der Waals surface area contributed by atoms with Crippen molar-refractivity contribution >= 4 is 11.9 Å². The number of aliphatic carboxylic acids is 2. The van der Waals surface area contributed by atoms with Crippen LogP contribution in [0.15, 0.2) is 0 Å². The fourth-order valence-electron chi connectivity index (χ4n) is 1.47. The molecule has 0 aliphatic carbocycles. The maximum atomic E-state index is 10.4. The Morgan fingerprint density at radius 3 is 1.71 bits per heavy atom. The number of aliphatic hydroxyl groups is 4. The molecular weight excluding hydrogens is 290 g/mol. The third-order valence-corrected chi connectivity index (χ3v) is 2.44. The molecule has 1 saturated heterocycles. The molecule has 0 spiro atoms. The largest absolute Gasteiger partial charge is 0.479 e. The van der Waals surface area contributed by atoms with E-state index in [-0.39, 0.29) is 6.54 Å². The highest BCUT2D eigenvalue weighted by Gasteiger charge is 2.46. The van der Waals surface area contributed by atoms with Gasteiger partial charge in [0.15, 0.2) is 18.9 Å². The minimum Gasteiger partial charge on any atom is -0.479 e. The summed E-state index contributed by atoms with van der Waals surface area (Å²) < 4.78 is 4.82. The summed E-state index contributed by atoms with van der Waals surface area (Å²) in [5, 5.41) is 52.6. The normalized spacial score (nSPS) is 32.8. The van der Waals surface area contributed by atoms with Gasteiger partial charge in [-0.15, -0.1) is 0 Å². The van der Waals surface area contributed by atoms with Crippen LogP contribution < -0.4 is 0 Å². The maximum absolute atomic E-state index is 10.4. The molecular formula is C11H22NO9+. The average Bonchev–Trinajstić information content (AvgIpc) is 2.28. The van der Waals surface area contributed by atoms with Crippen LogP contribution in [0.1, 0.15) is 0 Å². The van der Waals surface area contributed by atoms with Gasteiger partial charge in [-0.1, -0.05) is 0 Å². The van der Waals surface area contributed by atoms with E-state index in [4.69, 9.17) is 30.6 Å². The summed E-state index contributed by atoms with van der Waals surface area (Å²) in [4.78, 5) is 20.4. The lowest BCUT2D eigenvalue weighted by Gasteiger charge is -2.36. The van der Waals surface area contributed by atoms with Gasteiger partial charge < -0.3 is 39.9 Å². The molecule has 6 N–H and O–H groups in total. The lowest BCUT2D eigenvalue weighted by atomic mass is 9.99. The van der Waals surface area contributed by atoms with Crippen molar-refractivity contribution in [3.63, 3.8) is 0 Å². The average molecular weight is 312 g/mol. The number of ether oxygens (including phenoxy) is 1. The van der Waals surface area contributed by atoms with Crippen molar-refractivity contribution in [1.82, 2.24) is 0 Å². The maximum Gasteiger partial charge on any atom is 0.359 e. The fraction of sp³-hybridized carbons (Fsp3) is 0.818. The van der Waals surface area contributed by atoms with Crippen molar-refractivity contribution in [2.45, 2.75) is 30.7 Å². The smallest absolute Gasteiger partial charge is 0.359 e. The summed E-state index contributed by atoms with van der Waals surface area (Å²) in [6.07, 6.45) is -8.72. The molecule has 0 radical (unpaired) electrons. The lowest BCUT2D eigenvalue weighted by molar-refractivity contribution is -0.862. The zero-order valence-corrected chi connectivity index (χ0v) is 11.9. The third-order valence-electron chi connectivity index (χ3n) is 2.44. The number of nitrogens with zero attached hydrogens (tertiary/aromatic N) is 1. The number of hydrogen-bond donors (Lipinski definition) is 6. The van der Waals surface area contributed by atoms with E-state index >= 15 is 0 Å². The van der Waals surface area contributed by atoms with Gasteiger partial charge >= 0.3 is 11.9 Å². The first kappa shape index (κ1) is 19.7. The van der Waals surface area contributed by atoms with Gasteiger partial charge in [0.25, 0.3) is 0 Å². The summed E-state index contributed by atoms with van der Waals surface area (Å²) in [5.41, 5.74) is 0. The number of carboxylic acid groups (broad SMARTS) is 2. The van der Waals surface area contributed by atoms with E-state index in [2.05, 4.69) is 4.74 Å². The SMILES string of the molecule is C[N+](C)(C)CC(=O)O.O=C(O)[C@H]1O[C@@H](O)[C@H](O)[C@@H](O)[C@@H]1O. The highest BCUT2D eigenvalue weighted by atomic mass is 16.6. The highest BCUT2D eigenvalue weighted by Crippen LogP contribution is 2.19. The number of quaternary nitrogens is 1. The number of hydrogen-bond acceptors (Lipinski definition) is 7. The first-order valence-electron chi connectivity index (χ1n) is 5.99. The van der Waals surface area contributed by atoms with Gasteiger partial charge in [0.1, 0.15) is 18.3 Å². The van der Waals surface area contributed by atoms with Gasteiger partial charge in [-0.05, 0) is 0 Å². The van der Waals surface area contributed by atoms with Crippen molar-refractivity contribution in [1.29, 1.82) is 0 Å². The fourth-order valence-corrected chi connectivity index (χ4v) is 1.47. The molecule has 0 aromatic rings. The Bertz CT molecular complexity index is 367. The molecule has 0 unspecified atom stereocenters. The number of carbonyl (C=O) groups is 2. The first-order chi connectivity index (χ1) is 9.36. The summed E-state index contributed by atoms with van der Waals surface area (Å²) in [6, 6.07) is 0. The van der Waals surface area contributed by atoms with Crippen molar-refractivity contribution in [2.75, 3.05) is 27.7 Å². The van der Waals surface area contributed by atoms with Crippen molar-refractivity contribution < 1.29 is 49.4 Å². The van der Waals surface area contributed by atoms with Gasteiger partial charge in [-0.25, -0.2) is 9.59 Å².